The number of hydrogen-bond donors (Lipinski definition) is 1. The van der Waals surface area contributed by atoms with Gasteiger partial charge < -0.3 is 15.0 Å². The van der Waals surface area contributed by atoms with Crippen molar-refractivity contribution in [2.75, 3.05) is 19.5 Å². The van der Waals surface area contributed by atoms with Crippen LogP contribution < -0.4 is 17.0 Å². The Morgan fingerprint density at radius 3 is 2.58 bits per heavy atom. The van der Waals surface area contributed by atoms with Crippen LogP contribution in [0, 0.1) is 0 Å². The minimum atomic E-state index is -0.397. The lowest BCUT2D eigenvalue weighted by atomic mass is 10.4. The molecule has 0 aliphatic heterocycles. The molecular weight excluding hydrogens is 250 g/mol. The molecule has 2 aromatic rings. The van der Waals surface area contributed by atoms with E-state index in [1.165, 1.54) is 16.2 Å². The van der Waals surface area contributed by atoms with E-state index in [0.717, 1.165) is 4.57 Å². The first-order chi connectivity index (χ1) is 8.99. The lowest BCUT2D eigenvalue weighted by Crippen LogP contribution is -2.38. The normalized spacial score (nSPS) is 11.3. The number of nitrogens with two attached hydrogens (primary N) is 1. The molecular formula is C11H17N5O3. The number of ether oxygens (including phenoxy) is 1. The summed E-state index contributed by atoms with van der Waals surface area (Å²) in [5.74, 6) is 0.207. The Labute approximate surface area is 109 Å². The van der Waals surface area contributed by atoms with E-state index in [1.54, 1.807) is 14.2 Å². The second-order valence-electron chi connectivity index (χ2n) is 4.35. The van der Waals surface area contributed by atoms with E-state index in [4.69, 9.17) is 10.5 Å². The fourth-order valence-electron chi connectivity index (χ4n) is 2.01. The van der Waals surface area contributed by atoms with Crippen LogP contribution >= 0.6 is 0 Å². The molecule has 0 aliphatic rings. The van der Waals surface area contributed by atoms with Crippen molar-refractivity contribution in [1.82, 2.24) is 18.7 Å². The molecule has 8 nitrogen and oxygen atoms in total. The number of anilines is 1. The Morgan fingerprint density at radius 2 is 1.95 bits per heavy atom. The Kier molecular flexibility index (Phi) is 3.43. The third-order valence-electron chi connectivity index (χ3n) is 3.12. The van der Waals surface area contributed by atoms with Gasteiger partial charge in [-0.05, 0) is 6.42 Å². The van der Waals surface area contributed by atoms with Gasteiger partial charge in [0.1, 0.15) is 0 Å². The van der Waals surface area contributed by atoms with Crippen molar-refractivity contribution in [2.24, 2.45) is 14.1 Å². The maximum Gasteiger partial charge on any atom is 0.332 e. The lowest BCUT2D eigenvalue weighted by Gasteiger charge is -2.08. The fraction of sp³-hybridized carbons (Fsp3) is 0.545. The number of rotatable bonds is 4. The lowest BCUT2D eigenvalue weighted by molar-refractivity contribution is 0.190. The summed E-state index contributed by atoms with van der Waals surface area (Å²) >= 11 is 0. The van der Waals surface area contributed by atoms with Crippen LogP contribution in [0.1, 0.15) is 6.42 Å². The molecule has 0 saturated heterocycles. The van der Waals surface area contributed by atoms with E-state index in [1.807, 2.05) is 0 Å². The molecule has 0 atom stereocenters. The van der Waals surface area contributed by atoms with Gasteiger partial charge in [-0.15, -0.1) is 0 Å². The summed E-state index contributed by atoms with van der Waals surface area (Å²) in [6, 6.07) is 0. The van der Waals surface area contributed by atoms with Crippen LogP contribution in [0.15, 0.2) is 9.59 Å². The Bertz CT molecular complexity index is 724. The van der Waals surface area contributed by atoms with Crippen molar-refractivity contribution >= 4 is 17.1 Å². The van der Waals surface area contributed by atoms with Crippen molar-refractivity contribution in [3.8, 4) is 0 Å². The number of nitrogen functional groups attached to an aromatic ring is 1. The predicted molar refractivity (Wildman–Crippen MR) is 71.1 cm³/mol. The molecule has 19 heavy (non-hydrogen) atoms. The summed E-state index contributed by atoms with van der Waals surface area (Å²) in [6.45, 7) is 0.951. The highest BCUT2D eigenvalue weighted by Gasteiger charge is 2.16. The number of aromatic nitrogens is 4. The summed E-state index contributed by atoms with van der Waals surface area (Å²) in [7, 11) is 4.69. The predicted octanol–water partition coefficient (Wildman–Crippen LogP) is -0.948. The minimum absolute atomic E-state index is 0.207. The standard InChI is InChI=1S/C11H17N5O3/c1-14-7-8(13-10(14)12)16(5-4-6-19-3)11(18)15(2)9(7)17/h4-6H2,1-3H3,(H2,12,13). The van der Waals surface area contributed by atoms with Gasteiger partial charge in [0.2, 0.25) is 5.95 Å². The van der Waals surface area contributed by atoms with Gasteiger partial charge in [-0.1, -0.05) is 0 Å². The van der Waals surface area contributed by atoms with Crippen LogP contribution in [0.3, 0.4) is 0 Å². The maximum absolute atomic E-state index is 12.1. The number of fused-ring (bicyclic) bond motifs is 1. The van der Waals surface area contributed by atoms with E-state index in [9.17, 15) is 9.59 Å². The molecule has 0 amide bonds. The van der Waals surface area contributed by atoms with Crippen LogP contribution in [0.25, 0.3) is 11.2 Å². The topological polar surface area (TPSA) is 97.1 Å². The molecule has 2 N–H and O–H groups in total. The molecule has 0 fully saturated rings. The molecule has 104 valence electrons. The van der Waals surface area contributed by atoms with Crippen molar-refractivity contribution in [3.63, 3.8) is 0 Å². The highest BCUT2D eigenvalue weighted by Crippen LogP contribution is 2.10. The van der Waals surface area contributed by atoms with Crippen molar-refractivity contribution < 1.29 is 4.74 Å². The molecule has 0 saturated carbocycles. The fourth-order valence-corrected chi connectivity index (χ4v) is 2.01. The first-order valence-corrected chi connectivity index (χ1v) is 5.89. The van der Waals surface area contributed by atoms with Crippen molar-refractivity contribution in [2.45, 2.75) is 13.0 Å². The molecule has 0 radical (unpaired) electrons. The summed E-state index contributed by atoms with van der Waals surface area (Å²) in [4.78, 5) is 28.3. The van der Waals surface area contributed by atoms with Gasteiger partial charge in [-0.3, -0.25) is 13.9 Å². The molecule has 0 bridgehead atoms. The van der Waals surface area contributed by atoms with Gasteiger partial charge in [0.05, 0.1) is 0 Å². The van der Waals surface area contributed by atoms with Crippen molar-refractivity contribution in [3.05, 3.63) is 20.8 Å². The third kappa shape index (κ3) is 2.03. The monoisotopic (exact) mass is 267 g/mol. The van der Waals surface area contributed by atoms with Gasteiger partial charge in [-0.2, -0.15) is 4.98 Å². The summed E-state index contributed by atoms with van der Waals surface area (Å²) in [5, 5.41) is 0. The number of imidazole rings is 1. The smallest absolute Gasteiger partial charge is 0.332 e. The van der Waals surface area contributed by atoms with Crippen LogP contribution in [-0.2, 0) is 25.4 Å². The summed E-state index contributed by atoms with van der Waals surface area (Å²) in [6.07, 6.45) is 0.653. The molecule has 2 heterocycles. The van der Waals surface area contributed by atoms with Crippen LogP contribution in [0.5, 0.6) is 0 Å². The van der Waals surface area contributed by atoms with Crippen LogP contribution in [-0.4, -0.2) is 32.4 Å². The number of hydrogen-bond acceptors (Lipinski definition) is 5. The first-order valence-electron chi connectivity index (χ1n) is 5.89. The number of aryl methyl sites for hydroxylation is 2. The average Bonchev–Trinajstić information content (AvgIpc) is 2.67. The van der Waals surface area contributed by atoms with E-state index in [2.05, 4.69) is 4.98 Å². The summed E-state index contributed by atoms with van der Waals surface area (Å²) in [5.41, 5.74) is 5.57. The quantitative estimate of drug-likeness (QED) is 0.720. The molecule has 8 heteroatoms. The Morgan fingerprint density at radius 1 is 1.26 bits per heavy atom. The Hall–Kier alpha value is -2.09. The SMILES string of the molecule is COCCCn1c(=O)n(C)c(=O)c2c1nc(N)n2C. The zero-order chi connectivity index (χ0) is 14.2. The van der Waals surface area contributed by atoms with Gasteiger partial charge in [0.25, 0.3) is 5.56 Å². The highest BCUT2D eigenvalue weighted by atomic mass is 16.5. The molecule has 0 aliphatic carbocycles. The van der Waals surface area contributed by atoms with E-state index in [0.29, 0.717) is 30.7 Å². The van der Waals surface area contributed by atoms with E-state index in [-0.39, 0.29) is 5.95 Å². The molecule has 0 aromatic carbocycles. The molecule has 0 unspecified atom stereocenters. The largest absolute Gasteiger partial charge is 0.385 e. The third-order valence-corrected chi connectivity index (χ3v) is 3.12. The van der Waals surface area contributed by atoms with Gasteiger partial charge in [0.15, 0.2) is 11.2 Å². The van der Waals surface area contributed by atoms with Gasteiger partial charge in [-0.25, -0.2) is 4.79 Å². The zero-order valence-electron chi connectivity index (χ0n) is 11.2. The minimum Gasteiger partial charge on any atom is -0.385 e. The van der Waals surface area contributed by atoms with Gasteiger partial charge >= 0.3 is 5.69 Å². The number of nitrogens with zero attached hydrogens (tertiary/aromatic N) is 4. The second-order valence-corrected chi connectivity index (χ2v) is 4.35. The Balaban J connectivity index is 2.72. The zero-order valence-corrected chi connectivity index (χ0v) is 11.2. The van der Waals surface area contributed by atoms with Gasteiger partial charge in [0, 0.05) is 34.4 Å². The highest BCUT2D eigenvalue weighted by molar-refractivity contribution is 5.73. The molecule has 2 aromatic heterocycles. The molecule has 2 rings (SSSR count). The number of methoxy groups -OCH3 is 1. The second kappa shape index (κ2) is 4.88. The molecule has 0 spiro atoms. The van der Waals surface area contributed by atoms with Crippen molar-refractivity contribution in [1.29, 1.82) is 0 Å². The van der Waals surface area contributed by atoms with E-state index >= 15 is 0 Å². The van der Waals surface area contributed by atoms with Crippen LogP contribution in [0.2, 0.25) is 0 Å². The first kappa shape index (κ1) is 13.3. The van der Waals surface area contributed by atoms with Crippen LogP contribution in [0.4, 0.5) is 5.95 Å². The average molecular weight is 267 g/mol. The maximum atomic E-state index is 12.1. The van der Waals surface area contributed by atoms with E-state index < -0.39 is 11.2 Å². The summed E-state index contributed by atoms with van der Waals surface area (Å²) < 4.78 is 8.97.